The third kappa shape index (κ3) is 9.67. The van der Waals surface area contributed by atoms with Crippen molar-refractivity contribution in [2.45, 2.75) is 98.1 Å². The number of fused-ring (bicyclic) bond motifs is 1. The summed E-state index contributed by atoms with van der Waals surface area (Å²) in [4.78, 5) is 10.6. The van der Waals surface area contributed by atoms with Gasteiger partial charge in [-0.3, -0.25) is 9.55 Å². The highest BCUT2D eigenvalue weighted by atomic mass is 16.3. The monoisotopic (exact) mass is 964 g/mol. The molecule has 10 aromatic rings. The maximum absolute atomic E-state index is 12.8. The fourth-order valence-electron chi connectivity index (χ4n) is 9.87. The van der Waals surface area contributed by atoms with Crippen molar-refractivity contribution in [1.82, 2.24) is 14.5 Å². The molecular weight excluding hydrogens is 887 g/mol. The van der Waals surface area contributed by atoms with Gasteiger partial charge in [0.25, 0.3) is 0 Å². The molecule has 8 aromatic carbocycles. The van der Waals surface area contributed by atoms with E-state index in [2.05, 4.69) is 137 Å². The minimum absolute atomic E-state index is 0.136. The first-order valence-corrected chi connectivity index (χ1v) is 24.9. The van der Waals surface area contributed by atoms with Crippen LogP contribution in [0.2, 0.25) is 0 Å². The fraction of sp³-hybridized carbons (Fsp3) is 0.217. The summed E-state index contributed by atoms with van der Waals surface area (Å²) in [5.41, 5.74) is 11.1. The minimum atomic E-state index is -3.39. The number of nitrogens with zero attached hydrogens (tertiary/aromatic N) is 3. The van der Waals surface area contributed by atoms with Gasteiger partial charge in [-0.1, -0.05) is 209 Å². The van der Waals surface area contributed by atoms with Gasteiger partial charge in [-0.25, -0.2) is 4.98 Å². The van der Waals surface area contributed by atoms with Crippen LogP contribution in [0.5, 0.6) is 5.75 Å². The zero-order valence-electron chi connectivity index (χ0n) is 52.8. The highest BCUT2D eigenvalue weighted by Crippen LogP contribution is 2.47. The Morgan fingerprint density at radius 2 is 1.08 bits per heavy atom. The highest BCUT2D eigenvalue weighted by Gasteiger charge is 2.30. The molecule has 0 bridgehead atoms. The van der Waals surface area contributed by atoms with Crippen LogP contribution in [-0.2, 0) is 16.2 Å². The average Bonchev–Trinajstić information content (AvgIpc) is 1.87. The third-order valence-corrected chi connectivity index (χ3v) is 13.9. The van der Waals surface area contributed by atoms with Gasteiger partial charge < -0.3 is 5.11 Å². The molecule has 0 aliphatic rings. The second-order valence-corrected chi connectivity index (χ2v) is 21.4. The Morgan fingerprint density at radius 1 is 0.479 bits per heavy atom. The van der Waals surface area contributed by atoms with Gasteiger partial charge in [-0.05, 0) is 138 Å². The summed E-state index contributed by atoms with van der Waals surface area (Å²) in [5.74, 6) is -0.333. The number of aromatic nitrogens is 3. The lowest BCUT2D eigenvalue weighted by Crippen LogP contribution is -2.17. The number of phenolic OH excluding ortho intramolecular Hbond substituents is 1. The van der Waals surface area contributed by atoms with E-state index in [1.807, 2.05) is 80.6 Å². The van der Waals surface area contributed by atoms with Gasteiger partial charge in [0.1, 0.15) is 11.6 Å². The molecule has 0 aliphatic heterocycles. The van der Waals surface area contributed by atoms with Gasteiger partial charge in [0, 0.05) is 42.2 Å². The lowest BCUT2D eigenvalue weighted by atomic mass is 9.79. The summed E-state index contributed by atoms with van der Waals surface area (Å²) >= 11 is 0. The number of rotatable bonds is 9. The Labute approximate surface area is 447 Å². The van der Waals surface area contributed by atoms with E-state index in [-0.39, 0.29) is 16.7 Å². The van der Waals surface area contributed by atoms with E-state index >= 15 is 0 Å². The first kappa shape index (κ1) is 37.9. The quantitative estimate of drug-likeness (QED) is 0.157. The Balaban J connectivity index is 1.25. The number of pyridine rings is 1. The zero-order chi connectivity index (χ0) is 59.8. The van der Waals surface area contributed by atoms with Gasteiger partial charge in [0.05, 0.1) is 28.0 Å². The van der Waals surface area contributed by atoms with Crippen LogP contribution in [0.25, 0.3) is 95.0 Å². The van der Waals surface area contributed by atoms with Crippen molar-refractivity contribution in [3.63, 3.8) is 0 Å². The highest BCUT2D eigenvalue weighted by molar-refractivity contribution is 5.99. The predicted octanol–water partition coefficient (Wildman–Crippen LogP) is 18.8. The van der Waals surface area contributed by atoms with Crippen LogP contribution in [0.15, 0.2) is 194 Å². The molecule has 364 valence electrons. The van der Waals surface area contributed by atoms with Crippen LogP contribution >= 0.6 is 0 Å². The number of para-hydroxylation sites is 1. The van der Waals surface area contributed by atoms with Gasteiger partial charge in [-0.15, -0.1) is 0 Å². The first-order valence-electron chi connectivity index (χ1n) is 29.9. The van der Waals surface area contributed by atoms with Crippen molar-refractivity contribution in [3.05, 3.63) is 217 Å². The van der Waals surface area contributed by atoms with Crippen LogP contribution < -0.4 is 0 Å². The number of phenols is 1. The van der Waals surface area contributed by atoms with Crippen LogP contribution in [0.4, 0.5) is 0 Å². The van der Waals surface area contributed by atoms with E-state index in [0.717, 1.165) is 78.0 Å². The van der Waals surface area contributed by atoms with Crippen molar-refractivity contribution >= 4 is 11.0 Å². The predicted molar refractivity (Wildman–Crippen MR) is 309 cm³/mol. The molecule has 10 rings (SSSR count). The van der Waals surface area contributed by atoms with Gasteiger partial charge in [-0.2, -0.15) is 0 Å². The number of hydrogen-bond donors (Lipinski definition) is 1. The topological polar surface area (TPSA) is 50.9 Å². The van der Waals surface area contributed by atoms with E-state index < -0.39 is 37.3 Å². The zero-order valence-corrected chi connectivity index (χ0v) is 42.8. The molecule has 0 aliphatic carbocycles. The summed E-state index contributed by atoms with van der Waals surface area (Å²) < 4.78 is 86.2. The van der Waals surface area contributed by atoms with E-state index in [4.69, 9.17) is 22.3 Å². The summed E-state index contributed by atoms with van der Waals surface area (Å²) in [6, 6.07) is 60.8. The molecule has 0 atom stereocenters. The van der Waals surface area contributed by atoms with E-state index in [9.17, 15) is 6.48 Å². The van der Waals surface area contributed by atoms with Crippen LogP contribution in [-0.4, -0.2) is 19.6 Å². The van der Waals surface area contributed by atoms with Crippen LogP contribution in [0, 0.1) is 0 Å². The van der Waals surface area contributed by atoms with Crippen molar-refractivity contribution < 1.29 is 18.8 Å². The molecule has 2 aromatic heterocycles. The Hall–Kier alpha value is -7.82. The summed E-state index contributed by atoms with van der Waals surface area (Å²) in [5, 5.41) is 12.8. The first-order chi connectivity index (χ1) is 38.9. The largest absolute Gasteiger partial charge is 0.507 e. The molecule has 0 amide bonds. The number of benzene rings is 8. The van der Waals surface area contributed by atoms with E-state index in [1.54, 1.807) is 24.4 Å². The fourth-order valence-corrected chi connectivity index (χ4v) is 9.87. The average molecular weight is 964 g/mol. The molecule has 0 saturated carbocycles. The van der Waals surface area contributed by atoms with Crippen molar-refractivity contribution in [2.24, 2.45) is 0 Å². The molecule has 0 spiro atoms. The second kappa shape index (κ2) is 19.0. The summed E-state index contributed by atoms with van der Waals surface area (Å²) in [6.07, 6.45) is 1.67. The number of aromatic hydroxyl groups is 1. The molecule has 4 heteroatoms. The summed E-state index contributed by atoms with van der Waals surface area (Å²) in [6.45, 7) is 6.50. The smallest absolute Gasteiger partial charge is 0.149 e. The normalized spacial score (nSPS) is 14.9. The van der Waals surface area contributed by atoms with Crippen LogP contribution in [0.1, 0.15) is 118 Å². The molecule has 0 fully saturated rings. The molecule has 4 nitrogen and oxygen atoms in total. The second-order valence-electron chi connectivity index (χ2n) is 21.4. The Bertz CT molecular complexity index is 4000. The van der Waals surface area contributed by atoms with Gasteiger partial charge >= 0.3 is 0 Å². The Kier molecular flexibility index (Phi) is 9.85. The SMILES string of the molecule is [2H]C(C)(C)c1cc(-c2ccccc2)c(-n2c(-c3cc(C(C)(C)C)cc(C(C)(C)C)c3O)nc3c(-c4cc(-c5ccccc5)cc(-c5cc(-c6ccc(C(C([2H])([2H])[2H])(C([2H])([2H])[2H])C([2H])([2H])[2H])cc6)ccn5)c4)cccc32)cc1-c1ccccc1. The third-order valence-electron chi connectivity index (χ3n) is 13.9. The molecule has 0 saturated heterocycles. The molecule has 73 heavy (non-hydrogen) atoms. The van der Waals surface area contributed by atoms with Gasteiger partial charge in [0.15, 0.2) is 0 Å². The van der Waals surface area contributed by atoms with Gasteiger partial charge in [0.2, 0.25) is 0 Å². The van der Waals surface area contributed by atoms with Crippen molar-refractivity contribution in [1.29, 1.82) is 0 Å². The van der Waals surface area contributed by atoms with E-state index in [1.165, 1.54) is 12.1 Å². The molecule has 1 N–H and O–H groups in total. The number of imidazole rings is 1. The van der Waals surface area contributed by atoms with Crippen LogP contribution in [0.3, 0.4) is 0 Å². The minimum Gasteiger partial charge on any atom is -0.507 e. The molecular formula is C69H67N3O. The maximum atomic E-state index is 12.8. The molecule has 2 heterocycles. The van der Waals surface area contributed by atoms with Crippen molar-refractivity contribution in [2.75, 3.05) is 0 Å². The summed E-state index contributed by atoms with van der Waals surface area (Å²) in [7, 11) is 0. The number of hydrogen-bond acceptors (Lipinski definition) is 3. The molecule has 0 unspecified atom stereocenters. The van der Waals surface area contributed by atoms with E-state index in [0.29, 0.717) is 33.7 Å². The molecule has 0 radical (unpaired) electrons. The van der Waals surface area contributed by atoms with Crippen molar-refractivity contribution in [3.8, 4) is 89.7 Å². The Morgan fingerprint density at radius 3 is 1.70 bits per heavy atom. The lowest BCUT2D eigenvalue weighted by molar-refractivity contribution is 0.446. The maximum Gasteiger partial charge on any atom is 0.149 e. The standard InChI is InChI=1S/C69H67N3O/c1-44(2)56-42-58(48-26-19-14-20-27-48)63(43-57(56)47-24-17-13-18-25-47)72-62-29-21-28-55(64(62)71-66(72)59-40-54(68(6,7)8)41-60(65(59)73)69(9,10)11)51-36-50(45-22-15-12-16-23-45)37-52(38-51)61-39-49(34-35-70-61)46-30-32-53(33-31-46)67(3,4)5/h12-44,73H,1-11H3/i3D3,4D3,5D3,44D. The lowest BCUT2D eigenvalue weighted by Gasteiger charge is -2.28.